The van der Waals surface area contributed by atoms with E-state index in [0.29, 0.717) is 6.04 Å². The molecule has 2 fully saturated rings. The van der Waals surface area contributed by atoms with Gasteiger partial charge in [0, 0.05) is 12.0 Å². The molecule has 1 heterocycles. The van der Waals surface area contributed by atoms with Crippen LogP contribution in [0.3, 0.4) is 0 Å². The summed E-state index contributed by atoms with van der Waals surface area (Å²) in [7, 11) is 0. The average Bonchev–Trinajstić information content (AvgIpc) is 2.61. The van der Waals surface area contributed by atoms with Crippen LogP contribution in [0.1, 0.15) is 40.0 Å². The van der Waals surface area contributed by atoms with Crippen molar-refractivity contribution >= 4 is 5.69 Å². The molecule has 1 saturated heterocycles. The number of para-hydroxylation sites is 1. The minimum absolute atomic E-state index is 0.214. The maximum Gasteiger partial charge on any atom is 0.0551 e. The van der Waals surface area contributed by atoms with E-state index in [1.54, 1.807) is 0 Å². The van der Waals surface area contributed by atoms with Gasteiger partial charge in [0.2, 0.25) is 0 Å². The van der Waals surface area contributed by atoms with E-state index in [9.17, 15) is 0 Å². The highest BCUT2D eigenvalue weighted by Gasteiger charge is 2.49. The Morgan fingerprint density at radius 3 is 2.61 bits per heavy atom. The summed E-state index contributed by atoms with van der Waals surface area (Å²) in [5.74, 6) is 1.64. The summed E-state index contributed by atoms with van der Waals surface area (Å²) in [6.45, 7) is 7.15. The summed E-state index contributed by atoms with van der Waals surface area (Å²) in [6, 6.07) is 11.4. The zero-order valence-electron chi connectivity index (χ0n) is 11.7. The van der Waals surface area contributed by atoms with E-state index in [4.69, 9.17) is 0 Å². The van der Waals surface area contributed by atoms with Crippen molar-refractivity contribution in [1.29, 1.82) is 0 Å². The summed E-state index contributed by atoms with van der Waals surface area (Å²) in [5.41, 5.74) is 5.27. The van der Waals surface area contributed by atoms with Crippen LogP contribution in [0.2, 0.25) is 0 Å². The highest BCUT2D eigenvalue weighted by Crippen LogP contribution is 2.44. The smallest absolute Gasteiger partial charge is 0.0551 e. The number of hydrogen-bond acceptors (Lipinski definition) is 2. The van der Waals surface area contributed by atoms with Gasteiger partial charge in [0.1, 0.15) is 0 Å². The van der Waals surface area contributed by atoms with Gasteiger partial charge >= 0.3 is 0 Å². The molecule has 2 nitrogen and oxygen atoms in total. The second kappa shape index (κ2) is 4.27. The summed E-state index contributed by atoms with van der Waals surface area (Å²) in [4.78, 5) is 0. The predicted molar refractivity (Wildman–Crippen MR) is 76.4 cm³/mol. The lowest BCUT2D eigenvalue weighted by Gasteiger charge is -2.38. The van der Waals surface area contributed by atoms with Crippen molar-refractivity contribution in [3.8, 4) is 0 Å². The van der Waals surface area contributed by atoms with Crippen LogP contribution < -0.4 is 10.4 Å². The van der Waals surface area contributed by atoms with Crippen LogP contribution >= 0.6 is 0 Å². The van der Waals surface area contributed by atoms with Crippen molar-refractivity contribution < 1.29 is 0 Å². The number of benzene rings is 1. The van der Waals surface area contributed by atoms with Crippen LogP contribution in [0.15, 0.2) is 30.3 Å². The van der Waals surface area contributed by atoms with E-state index in [2.05, 4.69) is 61.5 Å². The number of hydrogen-bond donors (Lipinski definition) is 1. The first-order valence-corrected chi connectivity index (χ1v) is 7.20. The molecule has 3 rings (SSSR count). The lowest BCUT2D eigenvalue weighted by molar-refractivity contribution is 0.219. The Bertz CT molecular complexity index is 412. The minimum Gasteiger partial charge on any atom is -0.302 e. The normalized spacial score (nSPS) is 34.4. The molecular weight excluding hydrogens is 220 g/mol. The molecule has 1 N–H and O–H groups in total. The van der Waals surface area contributed by atoms with Gasteiger partial charge in [-0.3, -0.25) is 0 Å². The Hall–Kier alpha value is -1.02. The lowest BCUT2D eigenvalue weighted by Crippen LogP contribution is -2.46. The molecule has 3 atom stereocenters. The maximum absolute atomic E-state index is 3.76. The van der Waals surface area contributed by atoms with Gasteiger partial charge in [-0.1, -0.05) is 31.5 Å². The molecule has 18 heavy (non-hydrogen) atoms. The third-order valence-corrected chi connectivity index (χ3v) is 4.91. The average molecular weight is 244 g/mol. The van der Waals surface area contributed by atoms with Crippen LogP contribution in [-0.4, -0.2) is 11.6 Å². The first-order chi connectivity index (χ1) is 8.59. The SMILES string of the molecule is C[C@@H]1CC[C@H]2[C@H](C1)NN(c1ccccc1)C2(C)C. The van der Waals surface area contributed by atoms with Crippen LogP contribution in [-0.2, 0) is 0 Å². The summed E-state index contributed by atoms with van der Waals surface area (Å²) >= 11 is 0. The quantitative estimate of drug-likeness (QED) is 0.812. The summed E-state index contributed by atoms with van der Waals surface area (Å²) in [6.07, 6.45) is 4.06. The highest BCUT2D eigenvalue weighted by atomic mass is 15.6. The molecule has 0 spiro atoms. The molecule has 1 aromatic rings. The molecule has 1 aliphatic carbocycles. The van der Waals surface area contributed by atoms with Gasteiger partial charge in [-0.05, 0) is 44.7 Å². The van der Waals surface area contributed by atoms with Gasteiger partial charge in [-0.2, -0.15) is 0 Å². The van der Waals surface area contributed by atoms with E-state index in [1.165, 1.54) is 24.9 Å². The van der Waals surface area contributed by atoms with E-state index >= 15 is 0 Å². The Morgan fingerprint density at radius 1 is 1.17 bits per heavy atom. The number of anilines is 1. The van der Waals surface area contributed by atoms with Crippen LogP contribution in [0.4, 0.5) is 5.69 Å². The fraction of sp³-hybridized carbons (Fsp3) is 0.625. The Kier molecular flexibility index (Phi) is 2.86. The molecule has 0 amide bonds. The Labute approximate surface area is 110 Å². The Balaban J connectivity index is 1.89. The summed E-state index contributed by atoms with van der Waals surface area (Å²) < 4.78 is 0. The zero-order valence-corrected chi connectivity index (χ0v) is 11.7. The van der Waals surface area contributed by atoms with E-state index in [-0.39, 0.29) is 5.54 Å². The molecule has 0 radical (unpaired) electrons. The fourth-order valence-electron chi connectivity index (χ4n) is 3.85. The molecule has 2 heteroatoms. The molecule has 98 valence electrons. The maximum atomic E-state index is 3.76. The second-order valence-corrected chi connectivity index (χ2v) is 6.58. The van der Waals surface area contributed by atoms with Gasteiger partial charge in [-0.15, -0.1) is 0 Å². The van der Waals surface area contributed by atoms with Crippen molar-refractivity contribution in [1.82, 2.24) is 5.43 Å². The first kappa shape index (κ1) is 12.0. The lowest BCUT2D eigenvalue weighted by atomic mass is 9.72. The molecular formula is C16H24N2. The molecule has 2 aliphatic rings. The molecule has 1 aliphatic heterocycles. The van der Waals surface area contributed by atoms with Crippen molar-refractivity contribution in [2.24, 2.45) is 11.8 Å². The summed E-state index contributed by atoms with van der Waals surface area (Å²) in [5, 5.41) is 2.40. The monoisotopic (exact) mass is 244 g/mol. The van der Waals surface area contributed by atoms with Crippen LogP contribution in [0.25, 0.3) is 0 Å². The van der Waals surface area contributed by atoms with E-state index in [1.807, 2.05) is 0 Å². The Morgan fingerprint density at radius 2 is 1.89 bits per heavy atom. The van der Waals surface area contributed by atoms with Gasteiger partial charge in [0.25, 0.3) is 0 Å². The minimum atomic E-state index is 0.214. The molecule has 0 bridgehead atoms. The topological polar surface area (TPSA) is 15.3 Å². The van der Waals surface area contributed by atoms with Crippen molar-refractivity contribution in [2.75, 3.05) is 5.01 Å². The van der Waals surface area contributed by atoms with Crippen LogP contribution in [0.5, 0.6) is 0 Å². The molecule has 0 unspecified atom stereocenters. The van der Waals surface area contributed by atoms with Gasteiger partial charge in [0.15, 0.2) is 0 Å². The van der Waals surface area contributed by atoms with Gasteiger partial charge in [-0.25, -0.2) is 5.43 Å². The number of hydrazine groups is 1. The third kappa shape index (κ3) is 1.83. The third-order valence-electron chi connectivity index (χ3n) is 4.91. The molecule has 1 saturated carbocycles. The second-order valence-electron chi connectivity index (χ2n) is 6.58. The van der Waals surface area contributed by atoms with Crippen molar-refractivity contribution in [3.05, 3.63) is 30.3 Å². The van der Waals surface area contributed by atoms with Crippen molar-refractivity contribution in [3.63, 3.8) is 0 Å². The number of nitrogens with zero attached hydrogens (tertiary/aromatic N) is 1. The predicted octanol–water partition coefficient (Wildman–Crippen LogP) is 3.59. The van der Waals surface area contributed by atoms with E-state index in [0.717, 1.165) is 11.8 Å². The van der Waals surface area contributed by atoms with Crippen molar-refractivity contribution in [2.45, 2.75) is 51.6 Å². The molecule has 1 aromatic carbocycles. The highest BCUT2D eigenvalue weighted by molar-refractivity contribution is 5.49. The fourth-order valence-corrected chi connectivity index (χ4v) is 3.85. The van der Waals surface area contributed by atoms with E-state index < -0.39 is 0 Å². The zero-order chi connectivity index (χ0) is 12.8. The number of rotatable bonds is 1. The largest absolute Gasteiger partial charge is 0.302 e. The van der Waals surface area contributed by atoms with Gasteiger partial charge in [0.05, 0.1) is 11.2 Å². The first-order valence-electron chi connectivity index (χ1n) is 7.20. The number of fused-ring (bicyclic) bond motifs is 1. The van der Waals surface area contributed by atoms with Crippen LogP contribution in [0, 0.1) is 11.8 Å². The molecule has 0 aromatic heterocycles. The standard InChI is InChI=1S/C16H24N2/c1-12-9-10-14-15(11-12)17-18(16(14,2)3)13-7-5-4-6-8-13/h4-8,12,14-15,17H,9-11H2,1-3H3/t12-,14+,15+/m1/s1. The number of nitrogens with one attached hydrogen (secondary N) is 1. The van der Waals surface area contributed by atoms with Gasteiger partial charge < -0.3 is 5.01 Å².